The number of Topliss-reactive ketones (excluding diaryl/α,β-unsaturated/α-hetero) is 2. The maximum Gasteiger partial charge on any atom is 0.216 e. The molecular formula is C18H21NO4. The van der Waals surface area contributed by atoms with Crippen LogP contribution >= 0.6 is 0 Å². The number of para-hydroxylation sites is 2. The zero-order chi connectivity index (χ0) is 17.0. The lowest BCUT2D eigenvalue weighted by molar-refractivity contribution is 0.0913. The van der Waals surface area contributed by atoms with E-state index in [1.54, 1.807) is 26.0 Å². The van der Waals surface area contributed by atoms with Crippen LogP contribution in [0, 0.1) is 13.8 Å². The minimum absolute atomic E-state index is 0.0575. The van der Waals surface area contributed by atoms with Crippen molar-refractivity contribution in [3.63, 3.8) is 0 Å². The minimum atomic E-state index is -0.204. The van der Waals surface area contributed by atoms with Gasteiger partial charge < -0.3 is 14.5 Å². The fourth-order valence-corrected chi connectivity index (χ4v) is 2.62. The number of aryl methyl sites for hydroxylation is 1. The first-order chi connectivity index (χ1) is 11.0. The molecule has 1 aromatic heterocycles. The van der Waals surface area contributed by atoms with Crippen molar-refractivity contribution in [2.45, 2.75) is 27.7 Å². The molecule has 0 aliphatic carbocycles. The molecule has 122 valence electrons. The summed E-state index contributed by atoms with van der Waals surface area (Å²) in [5.74, 6) is 0.865. The van der Waals surface area contributed by atoms with Crippen molar-refractivity contribution in [1.82, 2.24) is 4.98 Å². The molecule has 0 fully saturated rings. The first-order valence-electron chi connectivity index (χ1n) is 7.53. The molecule has 1 heterocycles. The molecule has 23 heavy (non-hydrogen) atoms. The third-order valence-corrected chi connectivity index (χ3v) is 3.58. The van der Waals surface area contributed by atoms with Crippen LogP contribution in [-0.4, -0.2) is 29.8 Å². The summed E-state index contributed by atoms with van der Waals surface area (Å²) in [6.07, 6.45) is 0. The molecule has 0 amide bonds. The predicted octanol–water partition coefficient (Wildman–Crippen LogP) is 3.49. The van der Waals surface area contributed by atoms with Gasteiger partial charge in [-0.05, 0) is 45.4 Å². The van der Waals surface area contributed by atoms with E-state index in [2.05, 4.69) is 4.98 Å². The minimum Gasteiger partial charge on any atom is -0.490 e. The molecule has 0 saturated heterocycles. The van der Waals surface area contributed by atoms with Crippen LogP contribution < -0.4 is 9.47 Å². The van der Waals surface area contributed by atoms with Gasteiger partial charge in [0.1, 0.15) is 0 Å². The van der Waals surface area contributed by atoms with Crippen LogP contribution in [0.5, 0.6) is 11.5 Å². The summed E-state index contributed by atoms with van der Waals surface area (Å²) < 4.78 is 11.1. The monoisotopic (exact) mass is 315 g/mol. The number of carbonyl (C=O) groups excluding carboxylic acids is 2. The molecule has 2 rings (SSSR count). The highest BCUT2D eigenvalue weighted by Crippen LogP contribution is 2.27. The summed E-state index contributed by atoms with van der Waals surface area (Å²) in [5.41, 5.74) is 2.36. The average Bonchev–Trinajstić information content (AvgIpc) is 2.81. The molecule has 0 atom stereocenters. The Morgan fingerprint density at radius 3 is 2.22 bits per heavy atom. The number of benzene rings is 1. The van der Waals surface area contributed by atoms with Crippen LogP contribution in [0.4, 0.5) is 0 Å². The third-order valence-electron chi connectivity index (χ3n) is 3.58. The van der Waals surface area contributed by atoms with E-state index < -0.39 is 0 Å². The molecule has 0 aliphatic rings. The maximum absolute atomic E-state index is 12.4. The molecule has 0 bridgehead atoms. The number of hydrogen-bond donors (Lipinski definition) is 1. The van der Waals surface area contributed by atoms with Gasteiger partial charge in [-0.2, -0.15) is 0 Å². The number of carbonyl (C=O) groups is 2. The van der Waals surface area contributed by atoms with E-state index in [4.69, 9.17) is 9.47 Å². The van der Waals surface area contributed by atoms with E-state index in [-0.39, 0.29) is 18.2 Å². The van der Waals surface area contributed by atoms with Crippen molar-refractivity contribution in [1.29, 1.82) is 0 Å². The molecule has 0 radical (unpaired) electrons. The molecule has 0 aliphatic heterocycles. The van der Waals surface area contributed by atoms with Crippen LogP contribution in [0.1, 0.15) is 46.0 Å². The van der Waals surface area contributed by atoms with Gasteiger partial charge in [0.05, 0.1) is 12.3 Å². The second-order valence-electron chi connectivity index (χ2n) is 5.27. The highest BCUT2D eigenvalue weighted by molar-refractivity contribution is 6.03. The number of hydrogen-bond acceptors (Lipinski definition) is 4. The largest absolute Gasteiger partial charge is 0.490 e. The molecule has 5 nitrogen and oxygen atoms in total. The van der Waals surface area contributed by atoms with Gasteiger partial charge in [-0.1, -0.05) is 12.1 Å². The first kappa shape index (κ1) is 16.8. The number of nitrogens with one attached hydrogen (secondary N) is 1. The lowest BCUT2D eigenvalue weighted by atomic mass is 10.1. The van der Waals surface area contributed by atoms with E-state index in [9.17, 15) is 9.59 Å². The summed E-state index contributed by atoms with van der Waals surface area (Å²) in [6, 6.07) is 7.21. The SMILES string of the molecule is CCOc1ccccc1OCC(=O)c1[nH]c(C)c(C(C)=O)c1C. The lowest BCUT2D eigenvalue weighted by Gasteiger charge is -2.11. The van der Waals surface area contributed by atoms with Crippen LogP contribution in [0.15, 0.2) is 24.3 Å². The third kappa shape index (κ3) is 3.62. The topological polar surface area (TPSA) is 68.4 Å². The van der Waals surface area contributed by atoms with Gasteiger partial charge in [-0.25, -0.2) is 0 Å². The summed E-state index contributed by atoms with van der Waals surface area (Å²) in [7, 11) is 0. The van der Waals surface area contributed by atoms with Crippen LogP contribution in [0.25, 0.3) is 0 Å². The second-order valence-corrected chi connectivity index (χ2v) is 5.27. The van der Waals surface area contributed by atoms with Crippen LogP contribution in [-0.2, 0) is 0 Å². The highest BCUT2D eigenvalue weighted by atomic mass is 16.5. The lowest BCUT2D eigenvalue weighted by Crippen LogP contribution is -2.14. The quantitative estimate of drug-likeness (QED) is 0.794. The zero-order valence-corrected chi connectivity index (χ0v) is 13.9. The maximum atomic E-state index is 12.4. The van der Waals surface area contributed by atoms with Crippen molar-refractivity contribution in [2.24, 2.45) is 0 Å². The summed E-state index contributed by atoms with van der Waals surface area (Å²) in [4.78, 5) is 27.0. The molecule has 0 unspecified atom stereocenters. The molecule has 0 spiro atoms. The van der Waals surface area contributed by atoms with Gasteiger partial charge in [-0.15, -0.1) is 0 Å². The first-order valence-corrected chi connectivity index (χ1v) is 7.53. The Balaban J connectivity index is 2.15. The highest BCUT2D eigenvalue weighted by Gasteiger charge is 2.20. The Kier molecular flexibility index (Phi) is 5.21. The number of rotatable bonds is 7. The van der Waals surface area contributed by atoms with E-state index in [1.807, 2.05) is 19.1 Å². The van der Waals surface area contributed by atoms with E-state index in [0.717, 1.165) is 0 Å². The van der Waals surface area contributed by atoms with Crippen molar-refractivity contribution in [3.05, 3.63) is 46.8 Å². The molecular weight excluding hydrogens is 294 g/mol. The number of H-pyrrole nitrogens is 1. The summed E-state index contributed by atoms with van der Waals surface area (Å²) in [5, 5.41) is 0. The predicted molar refractivity (Wildman–Crippen MR) is 87.7 cm³/mol. The fraction of sp³-hybridized carbons (Fsp3) is 0.333. The normalized spacial score (nSPS) is 10.4. The fourth-order valence-electron chi connectivity index (χ4n) is 2.62. The van der Waals surface area contributed by atoms with Crippen molar-refractivity contribution >= 4 is 11.6 Å². The zero-order valence-electron chi connectivity index (χ0n) is 13.9. The molecule has 0 saturated carbocycles. The van der Waals surface area contributed by atoms with E-state index in [1.165, 1.54) is 6.92 Å². The number of ether oxygens (including phenoxy) is 2. The van der Waals surface area contributed by atoms with Crippen LogP contribution in [0.3, 0.4) is 0 Å². The van der Waals surface area contributed by atoms with Gasteiger partial charge in [0.25, 0.3) is 0 Å². The van der Waals surface area contributed by atoms with Gasteiger partial charge in [0.15, 0.2) is 23.9 Å². The Labute approximate surface area is 135 Å². The molecule has 1 aromatic carbocycles. The van der Waals surface area contributed by atoms with Crippen LogP contribution in [0.2, 0.25) is 0 Å². The number of ketones is 2. The van der Waals surface area contributed by atoms with Gasteiger partial charge in [0.2, 0.25) is 5.78 Å². The van der Waals surface area contributed by atoms with Gasteiger partial charge in [0, 0.05) is 11.3 Å². The average molecular weight is 315 g/mol. The second kappa shape index (κ2) is 7.13. The van der Waals surface area contributed by atoms with Crippen molar-refractivity contribution < 1.29 is 19.1 Å². The number of aromatic nitrogens is 1. The molecule has 2 aromatic rings. The van der Waals surface area contributed by atoms with Crippen molar-refractivity contribution in [2.75, 3.05) is 13.2 Å². The van der Waals surface area contributed by atoms with Crippen molar-refractivity contribution in [3.8, 4) is 11.5 Å². The van der Waals surface area contributed by atoms with E-state index in [0.29, 0.717) is 40.6 Å². The standard InChI is InChI=1S/C18H21NO4/c1-5-22-15-8-6-7-9-16(15)23-10-14(21)18-11(2)17(13(4)20)12(3)19-18/h6-9,19H,5,10H2,1-4H3. The number of aromatic amines is 1. The van der Waals surface area contributed by atoms with E-state index >= 15 is 0 Å². The Morgan fingerprint density at radius 1 is 1.09 bits per heavy atom. The summed E-state index contributed by atoms with van der Waals surface area (Å²) >= 11 is 0. The van der Waals surface area contributed by atoms with Gasteiger partial charge in [-0.3, -0.25) is 9.59 Å². The molecule has 1 N–H and O–H groups in total. The summed E-state index contributed by atoms with van der Waals surface area (Å²) in [6.45, 7) is 7.32. The van der Waals surface area contributed by atoms with Gasteiger partial charge >= 0.3 is 0 Å². The Morgan fingerprint density at radius 2 is 1.70 bits per heavy atom. The Bertz CT molecular complexity index is 731. The molecule has 5 heteroatoms. The smallest absolute Gasteiger partial charge is 0.216 e. The Hall–Kier alpha value is -2.56.